The van der Waals surface area contributed by atoms with E-state index in [1.807, 2.05) is 0 Å². The molecule has 0 aromatic heterocycles. The highest BCUT2D eigenvalue weighted by Crippen LogP contribution is 2.63. The van der Waals surface area contributed by atoms with Crippen molar-refractivity contribution in [1.29, 1.82) is 0 Å². The van der Waals surface area contributed by atoms with Crippen LogP contribution in [-0.2, 0) is 18.3 Å². The molecule has 0 bridgehead atoms. The lowest BCUT2D eigenvalue weighted by atomic mass is 9.55. The summed E-state index contributed by atoms with van der Waals surface area (Å²) in [5.74, 6) is 0.256. The van der Waals surface area contributed by atoms with Gasteiger partial charge in [0, 0.05) is 17.3 Å². The summed E-state index contributed by atoms with van der Waals surface area (Å²) in [5, 5.41) is 0. The SMILES string of the molecule is CCc1ccc2c(c1)C(C(c1ccccc1)(c1ccccc1)C1C=Cc3ccc(-c4ccccc4)cc31)c1cc(CC)ccc1-2. The van der Waals surface area contributed by atoms with Crippen LogP contribution in [0.1, 0.15) is 70.2 Å². The molecule has 2 aliphatic rings. The average Bonchev–Trinajstić information content (AvgIpc) is 3.69. The second-order valence-electron chi connectivity index (χ2n) is 12.6. The van der Waals surface area contributed by atoms with E-state index in [4.69, 9.17) is 0 Å². The third-order valence-electron chi connectivity index (χ3n) is 10.4. The Morgan fingerprint density at radius 2 is 1.02 bits per heavy atom. The average molecular weight is 579 g/mol. The zero-order valence-corrected chi connectivity index (χ0v) is 26.1. The molecular formula is C45H38. The van der Waals surface area contributed by atoms with Gasteiger partial charge in [0.05, 0.1) is 0 Å². The fourth-order valence-electron chi connectivity index (χ4n) is 8.26. The predicted octanol–water partition coefficient (Wildman–Crippen LogP) is 11.4. The van der Waals surface area contributed by atoms with E-state index in [0.717, 1.165) is 12.8 Å². The van der Waals surface area contributed by atoms with Crippen molar-refractivity contribution in [2.75, 3.05) is 0 Å². The van der Waals surface area contributed by atoms with Gasteiger partial charge in [0.2, 0.25) is 0 Å². The van der Waals surface area contributed by atoms with E-state index < -0.39 is 5.41 Å². The smallest absolute Gasteiger partial charge is 0.0415 e. The van der Waals surface area contributed by atoms with Crippen LogP contribution in [-0.4, -0.2) is 0 Å². The van der Waals surface area contributed by atoms with Crippen molar-refractivity contribution in [1.82, 2.24) is 0 Å². The summed E-state index contributed by atoms with van der Waals surface area (Å²) in [6.07, 6.45) is 6.92. The second-order valence-corrected chi connectivity index (χ2v) is 12.6. The summed E-state index contributed by atoms with van der Waals surface area (Å²) in [6, 6.07) is 55.2. The van der Waals surface area contributed by atoms with Crippen LogP contribution in [0.4, 0.5) is 0 Å². The van der Waals surface area contributed by atoms with Crippen LogP contribution in [0.15, 0.2) is 152 Å². The number of hydrogen-bond donors (Lipinski definition) is 0. The normalized spacial score (nSPS) is 15.1. The van der Waals surface area contributed by atoms with Crippen LogP contribution < -0.4 is 0 Å². The summed E-state index contributed by atoms with van der Waals surface area (Å²) in [4.78, 5) is 0. The molecule has 45 heavy (non-hydrogen) atoms. The zero-order valence-electron chi connectivity index (χ0n) is 26.1. The molecule has 8 rings (SSSR count). The van der Waals surface area contributed by atoms with Crippen LogP contribution in [0.25, 0.3) is 28.3 Å². The van der Waals surface area contributed by atoms with Gasteiger partial charge in [-0.2, -0.15) is 0 Å². The van der Waals surface area contributed by atoms with Crippen molar-refractivity contribution in [2.24, 2.45) is 0 Å². The maximum absolute atomic E-state index is 2.52. The van der Waals surface area contributed by atoms with Crippen LogP contribution in [0, 0.1) is 0 Å². The van der Waals surface area contributed by atoms with E-state index in [1.165, 1.54) is 66.8 Å². The first-order chi connectivity index (χ1) is 22.2. The molecule has 0 radical (unpaired) electrons. The molecule has 0 saturated heterocycles. The van der Waals surface area contributed by atoms with Gasteiger partial charge >= 0.3 is 0 Å². The van der Waals surface area contributed by atoms with Crippen LogP contribution in [0.2, 0.25) is 0 Å². The minimum atomic E-state index is -0.391. The van der Waals surface area contributed by atoms with Gasteiger partial charge in [-0.25, -0.2) is 0 Å². The molecule has 0 heterocycles. The molecule has 1 unspecified atom stereocenters. The molecule has 6 aromatic carbocycles. The summed E-state index contributed by atoms with van der Waals surface area (Å²) in [6.45, 7) is 4.55. The molecule has 1 atom stereocenters. The fraction of sp³-hybridized carbons (Fsp3) is 0.156. The topological polar surface area (TPSA) is 0 Å². The number of fused-ring (bicyclic) bond motifs is 4. The Bertz CT molecular complexity index is 1920. The molecule has 2 aliphatic carbocycles. The lowest BCUT2D eigenvalue weighted by Gasteiger charge is -2.46. The van der Waals surface area contributed by atoms with Crippen LogP contribution in [0.3, 0.4) is 0 Å². The standard InChI is InChI=1S/C45H38/c1-3-31-20-25-38-39-26-21-32(4-2)29-42(39)44(41(38)28-31)45(36-16-10-6-11-17-36,37-18-12-7-13-19-37)43-27-24-34-22-23-35(30-40(34)43)33-14-8-5-9-15-33/h5-30,43-44H,3-4H2,1-2H3. The number of benzene rings is 6. The van der Waals surface area contributed by atoms with Crippen molar-refractivity contribution in [2.45, 2.75) is 43.9 Å². The van der Waals surface area contributed by atoms with Crippen molar-refractivity contribution in [3.63, 3.8) is 0 Å². The molecule has 0 nitrogen and oxygen atoms in total. The maximum atomic E-state index is 2.52. The Morgan fingerprint density at radius 1 is 0.489 bits per heavy atom. The Morgan fingerprint density at radius 3 is 1.56 bits per heavy atom. The molecule has 0 spiro atoms. The van der Waals surface area contributed by atoms with Gasteiger partial charge in [0.15, 0.2) is 0 Å². The minimum absolute atomic E-state index is 0.125. The second kappa shape index (κ2) is 11.2. The highest BCUT2D eigenvalue weighted by atomic mass is 14.5. The summed E-state index contributed by atoms with van der Waals surface area (Å²) < 4.78 is 0. The largest absolute Gasteiger partial charge is 0.0751 e. The van der Waals surface area contributed by atoms with E-state index in [1.54, 1.807) is 0 Å². The van der Waals surface area contributed by atoms with Gasteiger partial charge in [-0.05, 0) is 85.7 Å². The highest BCUT2D eigenvalue weighted by Gasteiger charge is 2.53. The Balaban J connectivity index is 1.48. The molecule has 218 valence electrons. The molecule has 0 heteroatoms. The molecule has 0 amide bonds. The molecule has 6 aromatic rings. The van der Waals surface area contributed by atoms with Crippen molar-refractivity contribution in [3.8, 4) is 22.3 Å². The third kappa shape index (κ3) is 4.35. The van der Waals surface area contributed by atoms with Gasteiger partial charge in [0.25, 0.3) is 0 Å². The lowest BCUT2D eigenvalue weighted by Crippen LogP contribution is -2.40. The van der Waals surface area contributed by atoms with Gasteiger partial charge < -0.3 is 0 Å². The number of hydrogen-bond acceptors (Lipinski definition) is 0. The maximum Gasteiger partial charge on any atom is 0.0415 e. The van der Waals surface area contributed by atoms with Crippen molar-refractivity contribution >= 4 is 6.08 Å². The number of rotatable bonds is 7. The number of allylic oxidation sites excluding steroid dienone is 1. The molecule has 0 aliphatic heterocycles. The van der Waals surface area contributed by atoms with Gasteiger partial charge in [-0.1, -0.05) is 166 Å². The summed E-state index contributed by atoms with van der Waals surface area (Å²) >= 11 is 0. The Labute approximate surface area is 267 Å². The van der Waals surface area contributed by atoms with E-state index in [0.29, 0.717) is 0 Å². The quantitative estimate of drug-likeness (QED) is 0.177. The first-order valence-corrected chi connectivity index (χ1v) is 16.5. The van der Waals surface area contributed by atoms with Gasteiger partial charge in [-0.3, -0.25) is 0 Å². The van der Waals surface area contributed by atoms with Crippen LogP contribution in [0.5, 0.6) is 0 Å². The summed E-state index contributed by atoms with van der Waals surface area (Å²) in [5.41, 5.74) is 16.0. The van der Waals surface area contributed by atoms with Gasteiger partial charge in [0.1, 0.15) is 0 Å². The van der Waals surface area contributed by atoms with Crippen LogP contribution >= 0.6 is 0 Å². The van der Waals surface area contributed by atoms with Gasteiger partial charge in [-0.15, -0.1) is 0 Å². The third-order valence-corrected chi connectivity index (χ3v) is 10.4. The minimum Gasteiger partial charge on any atom is -0.0751 e. The van der Waals surface area contributed by atoms with E-state index >= 15 is 0 Å². The van der Waals surface area contributed by atoms with E-state index in [9.17, 15) is 0 Å². The fourth-order valence-corrected chi connectivity index (χ4v) is 8.26. The Kier molecular flexibility index (Phi) is 6.87. The highest BCUT2D eigenvalue weighted by molar-refractivity contribution is 5.83. The summed E-state index contributed by atoms with van der Waals surface area (Å²) in [7, 11) is 0. The lowest BCUT2D eigenvalue weighted by molar-refractivity contribution is 0.416. The van der Waals surface area contributed by atoms with Crippen molar-refractivity contribution < 1.29 is 0 Å². The number of aryl methyl sites for hydroxylation is 2. The molecular weight excluding hydrogens is 540 g/mol. The predicted molar refractivity (Wildman–Crippen MR) is 190 cm³/mol. The molecule has 0 saturated carbocycles. The van der Waals surface area contributed by atoms with E-state index in [-0.39, 0.29) is 11.8 Å². The Hall–Kier alpha value is -4.94. The first-order valence-electron chi connectivity index (χ1n) is 16.5. The van der Waals surface area contributed by atoms with Crippen molar-refractivity contribution in [3.05, 3.63) is 196 Å². The zero-order chi connectivity index (χ0) is 30.4. The first kappa shape index (κ1) is 27.6. The molecule has 0 N–H and O–H groups in total. The molecule has 0 fully saturated rings. The monoisotopic (exact) mass is 578 g/mol. The van der Waals surface area contributed by atoms with E-state index in [2.05, 4.69) is 172 Å².